The van der Waals surface area contributed by atoms with E-state index in [0.29, 0.717) is 25.7 Å². The van der Waals surface area contributed by atoms with E-state index in [0.717, 1.165) is 5.56 Å². The second-order valence-electron chi connectivity index (χ2n) is 11.7. The van der Waals surface area contributed by atoms with Gasteiger partial charge in [0.05, 0.1) is 23.6 Å². The smallest absolute Gasteiger partial charge is 0.335 e. The van der Waals surface area contributed by atoms with Crippen LogP contribution < -0.4 is 5.63 Å². The largest absolute Gasteiger partial charge is 0.462 e. The molecule has 9 nitrogen and oxygen atoms in total. The molecule has 6 rings (SSSR count). The van der Waals surface area contributed by atoms with E-state index in [1.165, 1.54) is 19.3 Å². The molecule has 0 aromatic carbocycles. The van der Waals surface area contributed by atoms with E-state index in [4.69, 9.17) is 13.9 Å². The van der Waals surface area contributed by atoms with Gasteiger partial charge in [-0.2, -0.15) is 0 Å². The van der Waals surface area contributed by atoms with Gasteiger partial charge in [0.2, 0.25) is 0 Å². The molecule has 4 unspecified atom stereocenters. The number of hydrogen-bond donors (Lipinski definition) is 3. The molecule has 5 fully saturated rings. The van der Waals surface area contributed by atoms with Crippen molar-refractivity contribution in [3.8, 4) is 0 Å². The van der Waals surface area contributed by atoms with Crippen molar-refractivity contribution in [3.63, 3.8) is 0 Å². The summed E-state index contributed by atoms with van der Waals surface area (Å²) in [5.74, 6) is -2.13. The first-order valence-electron chi connectivity index (χ1n) is 12.6. The van der Waals surface area contributed by atoms with E-state index in [-0.39, 0.29) is 31.1 Å². The van der Waals surface area contributed by atoms with Crippen molar-refractivity contribution in [1.29, 1.82) is 0 Å². The molecule has 10 atom stereocenters. The van der Waals surface area contributed by atoms with Crippen molar-refractivity contribution in [3.05, 3.63) is 34.4 Å². The lowest BCUT2D eigenvalue weighted by Crippen LogP contribution is -2.73. The molecule has 35 heavy (non-hydrogen) atoms. The Morgan fingerprint density at radius 3 is 2.60 bits per heavy atom. The third kappa shape index (κ3) is 2.72. The zero-order valence-corrected chi connectivity index (χ0v) is 19.9. The molecule has 0 radical (unpaired) electrons. The highest BCUT2D eigenvalue weighted by molar-refractivity contribution is 5.83. The van der Waals surface area contributed by atoms with Crippen LogP contribution in [-0.4, -0.2) is 56.8 Å². The van der Waals surface area contributed by atoms with Crippen LogP contribution in [-0.2, 0) is 19.1 Å². The maximum atomic E-state index is 13.6. The third-order valence-electron chi connectivity index (χ3n) is 10.4. The van der Waals surface area contributed by atoms with Crippen molar-refractivity contribution in [1.82, 2.24) is 0 Å². The SMILES string of the molecule is CC(=O)O[C@H]1C[C@H](O)[C@@]23C(=O)OC4C[C@]5(C)C(c6ccc(=O)oc6)CCC5(O)[C@H](CC[C@]2(O)C1)C43. The zero-order chi connectivity index (χ0) is 25.0. The molecule has 1 aromatic rings. The number of esters is 2. The summed E-state index contributed by atoms with van der Waals surface area (Å²) in [6.07, 6.45) is 1.22. The van der Waals surface area contributed by atoms with Crippen LogP contribution in [0.3, 0.4) is 0 Å². The topological polar surface area (TPSA) is 144 Å². The monoisotopic (exact) mass is 488 g/mol. The van der Waals surface area contributed by atoms with Crippen LogP contribution in [0.5, 0.6) is 0 Å². The Labute approximate surface area is 202 Å². The molecule has 5 aliphatic rings. The molecule has 2 heterocycles. The highest BCUT2D eigenvalue weighted by Gasteiger charge is 2.81. The minimum Gasteiger partial charge on any atom is -0.462 e. The van der Waals surface area contributed by atoms with Crippen LogP contribution >= 0.6 is 0 Å². The molecule has 4 aliphatic carbocycles. The summed E-state index contributed by atoms with van der Waals surface area (Å²) in [5.41, 5.74) is -4.57. The number of hydrogen-bond acceptors (Lipinski definition) is 9. The lowest BCUT2D eigenvalue weighted by atomic mass is 9.41. The Bertz CT molecular complexity index is 1130. The minimum atomic E-state index is -1.59. The predicted molar refractivity (Wildman–Crippen MR) is 119 cm³/mol. The van der Waals surface area contributed by atoms with Crippen LogP contribution in [0, 0.1) is 22.7 Å². The second-order valence-corrected chi connectivity index (χ2v) is 11.7. The maximum absolute atomic E-state index is 13.6. The van der Waals surface area contributed by atoms with Gasteiger partial charge in [0, 0.05) is 37.2 Å². The van der Waals surface area contributed by atoms with Gasteiger partial charge in [0.1, 0.15) is 17.6 Å². The van der Waals surface area contributed by atoms with Crippen molar-refractivity contribution < 1.29 is 38.8 Å². The molecule has 3 N–H and O–H groups in total. The predicted octanol–water partition coefficient (Wildman–Crippen LogP) is 1.41. The molecule has 1 aliphatic heterocycles. The van der Waals surface area contributed by atoms with Gasteiger partial charge in [0.15, 0.2) is 0 Å². The number of carbonyl (C=O) groups excluding carboxylic acids is 2. The Morgan fingerprint density at radius 1 is 1.14 bits per heavy atom. The van der Waals surface area contributed by atoms with Crippen molar-refractivity contribution >= 4 is 11.9 Å². The highest BCUT2D eigenvalue weighted by atomic mass is 16.6. The number of rotatable bonds is 2. The van der Waals surface area contributed by atoms with Gasteiger partial charge in [-0.05, 0) is 55.6 Å². The first-order chi connectivity index (χ1) is 16.5. The van der Waals surface area contributed by atoms with Crippen molar-refractivity contribution in [2.75, 3.05) is 0 Å². The molecule has 4 saturated carbocycles. The summed E-state index contributed by atoms with van der Waals surface area (Å²) in [7, 11) is 0. The molecule has 1 aromatic heterocycles. The van der Waals surface area contributed by atoms with Crippen LogP contribution in [0.4, 0.5) is 0 Å². The van der Waals surface area contributed by atoms with E-state index in [1.54, 1.807) is 6.07 Å². The molecule has 9 heteroatoms. The van der Waals surface area contributed by atoms with E-state index in [1.807, 2.05) is 6.92 Å². The number of aliphatic hydroxyl groups is 3. The molecule has 190 valence electrons. The fourth-order valence-electron chi connectivity index (χ4n) is 9.18. The van der Waals surface area contributed by atoms with Crippen molar-refractivity contribution in [2.24, 2.45) is 22.7 Å². The number of aliphatic hydroxyl groups excluding tert-OH is 1. The van der Waals surface area contributed by atoms with E-state index < -0.39 is 63.8 Å². The number of carbonyl (C=O) groups is 2. The third-order valence-corrected chi connectivity index (χ3v) is 10.4. The normalized spacial score (nSPS) is 50.0. The van der Waals surface area contributed by atoms with Gasteiger partial charge < -0.3 is 29.2 Å². The number of fused-ring (bicyclic) bond motifs is 2. The summed E-state index contributed by atoms with van der Waals surface area (Å²) in [6.45, 7) is 3.29. The van der Waals surface area contributed by atoms with Crippen LogP contribution in [0.2, 0.25) is 0 Å². The number of ether oxygens (including phenoxy) is 2. The lowest BCUT2D eigenvalue weighted by Gasteiger charge is -2.64. The zero-order valence-electron chi connectivity index (χ0n) is 19.9. The summed E-state index contributed by atoms with van der Waals surface area (Å²) in [5, 5.41) is 35.6. The van der Waals surface area contributed by atoms with Gasteiger partial charge in [-0.25, -0.2) is 4.79 Å². The fourth-order valence-corrected chi connectivity index (χ4v) is 9.18. The molecule has 0 amide bonds. The first-order valence-corrected chi connectivity index (χ1v) is 12.6. The summed E-state index contributed by atoms with van der Waals surface area (Å²) in [4.78, 5) is 36.7. The van der Waals surface area contributed by atoms with Gasteiger partial charge in [-0.1, -0.05) is 6.92 Å². The standard InChI is InChI=1S/C26H32O9/c1-13(27)34-15-9-19(28)26-21-17(5-7-24(26,31)10-15)25(32)8-6-16(14-3-4-20(29)33-12-14)23(25,2)11-18(21)35-22(26)30/h3-4,12,15-19,21,28,31-32H,5-11H2,1-2H3/t15-,16?,17+,18?,19-,21?,23+,24-,25?,26+/m0/s1. The first kappa shape index (κ1) is 23.2. The van der Waals surface area contributed by atoms with Gasteiger partial charge in [-0.15, -0.1) is 0 Å². The Morgan fingerprint density at radius 2 is 1.91 bits per heavy atom. The minimum absolute atomic E-state index is 0.0360. The van der Waals surface area contributed by atoms with E-state index >= 15 is 0 Å². The van der Waals surface area contributed by atoms with E-state index in [2.05, 4.69) is 0 Å². The summed E-state index contributed by atoms with van der Waals surface area (Å²) >= 11 is 0. The second kappa shape index (κ2) is 7.17. The Kier molecular flexibility index (Phi) is 4.75. The molecule has 1 saturated heterocycles. The lowest BCUT2D eigenvalue weighted by molar-refractivity contribution is -0.270. The van der Waals surface area contributed by atoms with Gasteiger partial charge >= 0.3 is 17.6 Å². The summed E-state index contributed by atoms with van der Waals surface area (Å²) in [6, 6.07) is 3.12. The van der Waals surface area contributed by atoms with Gasteiger partial charge in [-0.3, -0.25) is 9.59 Å². The molecular weight excluding hydrogens is 456 g/mol. The average Bonchev–Trinajstić information content (AvgIpc) is 3.21. The highest BCUT2D eigenvalue weighted by Crippen LogP contribution is 2.73. The van der Waals surface area contributed by atoms with Gasteiger partial charge in [0.25, 0.3) is 0 Å². The van der Waals surface area contributed by atoms with E-state index in [9.17, 15) is 29.7 Å². The summed E-state index contributed by atoms with van der Waals surface area (Å²) < 4.78 is 16.4. The average molecular weight is 489 g/mol. The van der Waals surface area contributed by atoms with Crippen molar-refractivity contribution in [2.45, 2.75) is 94.2 Å². The molecule has 1 spiro atoms. The van der Waals surface area contributed by atoms with Crippen LogP contribution in [0.1, 0.15) is 70.3 Å². The van der Waals surface area contributed by atoms with Crippen LogP contribution in [0.15, 0.2) is 27.6 Å². The molecular formula is C26H32O9. The Balaban J connectivity index is 1.42. The fraction of sp³-hybridized carbons (Fsp3) is 0.731. The maximum Gasteiger partial charge on any atom is 0.335 e. The quantitative estimate of drug-likeness (QED) is 0.527. The van der Waals surface area contributed by atoms with Crippen LogP contribution in [0.25, 0.3) is 0 Å². The Hall–Kier alpha value is -2.23. The molecule has 0 bridgehead atoms.